The van der Waals surface area contributed by atoms with Crippen molar-refractivity contribution in [1.82, 2.24) is 0 Å². The summed E-state index contributed by atoms with van der Waals surface area (Å²) < 4.78 is 26.4. The predicted octanol–water partition coefficient (Wildman–Crippen LogP) is 3.52. The monoisotopic (exact) mass is 247 g/mol. The van der Waals surface area contributed by atoms with Gasteiger partial charge in [-0.15, -0.1) is 0 Å². The molecule has 0 saturated carbocycles. The number of nitrogens with two attached hydrogens (primary N) is 1. The maximum atomic E-state index is 13.6. The fraction of sp³-hybridized carbons (Fsp3) is 0.200. The Balaban J connectivity index is 2.37. The van der Waals surface area contributed by atoms with E-state index in [-0.39, 0.29) is 17.7 Å². The number of hydrogen-bond acceptors (Lipinski definition) is 1. The maximum absolute atomic E-state index is 13.6. The Bertz CT molecular complexity index is 533. The minimum Gasteiger partial charge on any atom is -0.328 e. The van der Waals surface area contributed by atoms with E-state index in [0.717, 1.165) is 11.1 Å². The van der Waals surface area contributed by atoms with Crippen LogP contribution in [0.2, 0.25) is 0 Å². The summed E-state index contributed by atoms with van der Waals surface area (Å²) >= 11 is 0. The third-order valence-electron chi connectivity index (χ3n) is 2.77. The Morgan fingerprint density at radius 1 is 1.00 bits per heavy atom. The van der Waals surface area contributed by atoms with Crippen LogP contribution in [0.3, 0.4) is 0 Å². The average molecular weight is 247 g/mol. The van der Waals surface area contributed by atoms with Crippen LogP contribution in [0.1, 0.15) is 12.5 Å². The van der Waals surface area contributed by atoms with Crippen LogP contribution in [-0.2, 0) is 6.42 Å². The van der Waals surface area contributed by atoms with E-state index in [4.69, 9.17) is 5.73 Å². The second kappa shape index (κ2) is 5.27. The van der Waals surface area contributed by atoms with Crippen molar-refractivity contribution in [1.29, 1.82) is 0 Å². The van der Waals surface area contributed by atoms with Gasteiger partial charge in [0.05, 0.1) is 0 Å². The van der Waals surface area contributed by atoms with Crippen LogP contribution in [0.5, 0.6) is 0 Å². The molecule has 18 heavy (non-hydrogen) atoms. The zero-order chi connectivity index (χ0) is 13.1. The molecule has 0 saturated heterocycles. The lowest BCUT2D eigenvalue weighted by atomic mass is 9.99. The topological polar surface area (TPSA) is 26.0 Å². The van der Waals surface area contributed by atoms with E-state index in [1.54, 1.807) is 24.3 Å². The molecule has 0 radical (unpaired) electrons. The molecule has 0 aliphatic carbocycles. The fourth-order valence-corrected chi connectivity index (χ4v) is 1.90. The van der Waals surface area contributed by atoms with Gasteiger partial charge in [0.15, 0.2) is 0 Å². The summed E-state index contributed by atoms with van der Waals surface area (Å²) in [6.45, 7) is 1.84. The molecule has 1 nitrogen and oxygen atoms in total. The molecule has 0 bridgehead atoms. The summed E-state index contributed by atoms with van der Waals surface area (Å²) in [7, 11) is 0. The predicted molar refractivity (Wildman–Crippen MR) is 69.1 cm³/mol. The summed E-state index contributed by atoms with van der Waals surface area (Å²) in [6.07, 6.45) is 0.487. The van der Waals surface area contributed by atoms with Crippen LogP contribution in [0.4, 0.5) is 8.78 Å². The molecule has 0 fully saturated rings. The van der Waals surface area contributed by atoms with E-state index in [1.807, 2.05) is 6.92 Å². The normalized spacial score (nSPS) is 12.4. The SMILES string of the molecule is CC(N)Cc1cc(-c2ccc(F)cc2)ccc1F. The van der Waals surface area contributed by atoms with Crippen molar-refractivity contribution in [2.45, 2.75) is 19.4 Å². The van der Waals surface area contributed by atoms with E-state index in [1.165, 1.54) is 18.2 Å². The maximum Gasteiger partial charge on any atom is 0.126 e. The van der Waals surface area contributed by atoms with Crippen molar-refractivity contribution < 1.29 is 8.78 Å². The highest BCUT2D eigenvalue weighted by Crippen LogP contribution is 2.23. The molecule has 0 aliphatic rings. The molecular formula is C15H15F2N. The van der Waals surface area contributed by atoms with Gasteiger partial charge in [0, 0.05) is 6.04 Å². The van der Waals surface area contributed by atoms with Crippen LogP contribution in [0.15, 0.2) is 42.5 Å². The highest BCUT2D eigenvalue weighted by atomic mass is 19.1. The largest absolute Gasteiger partial charge is 0.328 e. The third-order valence-corrected chi connectivity index (χ3v) is 2.77. The van der Waals surface area contributed by atoms with Gasteiger partial charge in [-0.2, -0.15) is 0 Å². The minimum atomic E-state index is -0.281. The molecule has 2 aromatic carbocycles. The Kier molecular flexibility index (Phi) is 3.72. The second-order valence-electron chi connectivity index (χ2n) is 4.49. The summed E-state index contributed by atoms with van der Waals surface area (Å²) in [4.78, 5) is 0. The zero-order valence-electron chi connectivity index (χ0n) is 10.2. The van der Waals surface area contributed by atoms with Crippen LogP contribution in [-0.4, -0.2) is 6.04 Å². The zero-order valence-corrected chi connectivity index (χ0v) is 10.2. The van der Waals surface area contributed by atoms with Gasteiger partial charge in [0.1, 0.15) is 11.6 Å². The summed E-state index contributed by atoms with van der Waals surface area (Å²) in [5, 5.41) is 0. The van der Waals surface area contributed by atoms with Gasteiger partial charge < -0.3 is 5.73 Å². The van der Waals surface area contributed by atoms with Gasteiger partial charge in [-0.05, 0) is 54.3 Å². The molecule has 1 atom stereocenters. The number of rotatable bonds is 3. The molecule has 0 aliphatic heterocycles. The summed E-state index contributed by atoms with van der Waals surface area (Å²) in [5.41, 5.74) is 8.01. The van der Waals surface area contributed by atoms with Crippen molar-refractivity contribution >= 4 is 0 Å². The first-order valence-corrected chi connectivity index (χ1v) is 5.86. The summed E-state index contributed by atoms with van der Waals surface area (Å²) in [6, 6.07) is 10.9. The molecule has 0 amide bonds. The first-order chi connectivity index (χ1) is 8.56. The van der Waals surface area contributed by atoms with Crippen LogP contribution in [0, 0.1) is 11.6 Å². The van der Waals surface area contributed by atoms with Crippen LogP contribution < -0.4 is 5.73 Å². The second-order valence-corrected chi connectivity index (χ2v) is 4.49. The minimum absolute atomic E-state index is 0.0945. The lowest BCUT2D eigenvalue weighted by molar-refractivity contribution is 0.596. The van der Waals surface area contributed by atoms with Crippen molar-refractivity contribution in [2.75, 3.05) is 0 Å². The fourth-order valence-electron chi connectivity index (χ4n) is 1.90. The van der Waals surface area contributed by atoms with Gasteiger partial charge in [-0.25, -0.2) is 8.78 Å². The molecule has 0 heterocycles. The Labute approximate surface area is 105 Å². The lowest BCUT2D eigenvalue weighted by Crippen LogP contribution is -2.18. The number of benzene rings is 2. The quantitative estimate of drug-likeness (QED) is 0.882. The third kappa shape index (κ3) is 2.93. The van der Waals surface area contributed by atoms with Gasteiger partial charge in [-0.3, -0.25) is 0 Å². The van der Waals surface area contributed by atoms with Gasteiger partial charge >= 0.3 is 0 Å². The van der Waals surface area contributed by atoms with Crippen molar-refractivity contribution in [3.63, 3.8) is 0 Å². The highest BCUT2D eigenvalue weighted by Gasteiger charge is 2.07. The Hall–Kier alpha value is -1.74. The smallest absolute Gasteiger partial charge is 0.126 e. The Morgan fingerprint density at radius 2 is 1.61 bits per heavy atom. The Morgan fingerprint density at radius 3 is 2.22 bits per heavy atom. The standard InChI is InChI=1S/C15H15F2N/c1-10(18)8-13-9-12(4-7-15(13)17)11-2-5-14(16)6-3-11/h2-7,9-10H,8,18H2,1H3. The molecule has 0 aromatic heterocycles. The van der Waals surface area contributed by atoms with Crippen LogP contribution >= 0.6 is 0 Å². The number of halogens is 2. The van der Waals surface area contributed by atoms with Gasteiger partial charge in [0.25, 0.3) is 0 Å². The first-order valence-electron chi connectivity index (χ1n) is 5.86. The van der Waals surface area contributed by atoms with E-state index >= 15 is 0 Å². The van der Waals surface area contributed by atoms with Gasteiger partial charge in [-0.1, -0.05) is 18.2 Å². The van der Waals surface area contributed by atoms with Crippen molar-refractivity contribution in [2.24, 2.45) is 5.73 Å². The van der Waals surface area contributed by atoms with Crippen LogP contribution in [0.25, 0.3) is 11.1 Å². The van der Waals surface area contributed by atoms with Crippen molar-refractivity contribution in [3.8, 4) is 11.1 Å². The van der Waals surface area contributed by atoms with E-state index in [2.05, 4.69) is 0 Å². The first kappa shape index (κ1) is 12.7. The molecule has 1 unspecified atom stereocenters. The van der Waals surface area contributed by atoms with E-state index < -0.39 is 0 Å². The van der Waals surface area contributed by atoms with E-state index in [0.29, 0.717) is 12.0 Å². The van der Waals surface area contributed by atoms with E-state index in [9.17, 15) is 8.78 Å². The molecule has 2 N–H and O–H groups in total. The number of hydrogen-bond donors (Lipinski definition) is 1. The molecule has 0 spiro atoms. The highest BCUT2D eigenvalue weighted by molar-refractivity contribution is 5.64. The molecule has 2 aromatic rings. The van der Waals surface area contributed by atoms with Gasteiger partial charge in [0.2, 0.25) is 0 Å². The molecule has 94 valence electrons. The average Bonchev–Trinajstić information content (AvgIpc) is 2.32. The van der Waals surface area contributed by atoms with Crippen molar-refractivity contribution in [3.05, 3.63) is 59.7 Å². The molecule has 3 heteroatoms. The lowest BCUT2D eigenvalue weighted by Gasteiger charge is -2.09. The molecule has 2 rings (SSSR count). The summed E-state index contributed by atoms with van der Waals surface area (Å²) in [5.74, 6) is -0.533. The molecular weight excluding hydrogens is 232 g/mol.